The van der Waals surface area contributed by atoms with Gasteiger partial charge in [0.2, 0.25) is 5.91 Å². The second kappa shape index (κ2) is 13.1. The summed E-state index contributed by atoms with van der Waals surface area (Å²) in [6.45, 7) is 9.78. The van der Waals surface area contributed by atoms with Crippen LogP contribution in [0.25, 0.3) is 0 Å². The predicted octanol–water partition coefficient (Wildman–Crippen LogP) is 1.92. The van der Waals surface area contributed by atoms with Gasteiger partial charge in [-0.1, -0.05) is 24.3 Å². The fourth-order valence-electron chi connectivity index (χ4n) is 3.02. The summed E-state index contributed by atoms with van der Waals surface area (Å²) in [7, 11) is 0. The number of nitrogens with one attached hydrogen (secondary N) is 2. The van der Waals surface area contributed by atoms with Crippen LogP contribution in [0.1, 0.15) is 37.8 Å². The molecule has 28 heavy (non-hydrogen) atoms. The van der Waals surface area contributed by atoms with Gasteiger partial charge in [0.1, 0.15) is 0 Å². The Bertz CT molecular complexity index is 615. The van der Waals surface area contributed by atoms with Crippen LogP contribution >= 0.6 is 0 Å². The van der Waals surface area contributed by atoms with Crippen LogP contribution in [0.15, 0.2) is 29.3 Å². The number of carbonyl (C=O) groups excluding carboxylic acids is 1. The Morgan fingerprint density at radius 3 is 2.61 bits per heavy atom. The zero-order valence-corrected chi connectivity index (χ0v) is 17.2. The summed E-state index contributed by atoms with van der Waals surface area (Å²) >= 11 is 0. The zero-order chi connectivity index (χ0) is 20.0. The average Bonchev–Trinajstić information content (AvgIpc) is 3.25. The van der Waals surface area contributed by atoms with Gasteiger partial charge in [-0.25, -0.2) is 4.99 Å². The molecule has 2 N–H and O–H groups in total. The molecule has 1 aromatic rings. The van der Waals surface area contributed by atoms with Gasteiger partial charge in [0, 0.05) is 26.2 Å². The molecule has 0 aliphatic carbocycles. The van der Waals surface area contributed by atoms with Gasteiger partial charge in [-0.2, -0.15) is 0 Å². The lowest BCUT2D eigenvalue weighted by Crippen LogP contribution is -2.44. The summed E-state index contributed by atoms with van der Waals surface area (Å²) in [5.74, 6) is 0.794. The van der Waals surface area contributed by atoms with Crippen molar-refractivity contribution in [2.24, 2.45) is 4.99 Å². The van der Waals surface area contributed by atoms with Crippen LogP contribution in [-0.4, -0.2) is 62.8 Å². The quantitative estimate of drug-likeness (QED) is 0.343. The second-order valence-corrected chi connectivity index (χ2v) is 6.71. The Morgan fingerprint density at radius 2 is 1.86 bits per heavy atom. The molecule has 1 heterocycles. The Balaban J connectivity index is 1.82. The summed E-state index contributed by atoms with van der Waals surface area (Å²) in [4.78, 5) is 18.7. The molecule has 0 spiro atoms. The van der Waals surface area contributed by atoms with Crippen LogP contribution < -0.4 is 10.6 Å². The number of aliphatic imine (C=N–C) groups is 1. The molecule has 0 bridgehead atoms. The first-order valence-corrected chi connectivity index (χ1v) is 10.3. The number of amides is 1. The van der Waals surface area contributed by atoms with Gasteiger partial charge in [0.15, 0.2) is 5.96 Å². The lowest BCUT2D eigenvalue weighted by molar-refractivity contribution is -0.128. The third kappa shape index (κ3) is 8.27. The van der Waals surface area contributed by atoms with Crippen molar-refractivity contribution in [3.63, 3.8) is 0 Å². The van der Waals surface area contributed by atoms with Gasteiger partial charge in [0.05, 0.1) is 32.9 Å². The summed E-state index contributed by atoms with van der Waals surface area (Å²) < 4.78 is 10.9. The van der Waals surface area contributed by atoms with Crippen molar-refractivity contribution in [2.75, 3.05) is 46.0 Å². The molecule has 1 amide bonds. The molecule has 7 heteroatoms. The largest absolute Gasteiger partial charge is 0.379 e. The van der Waals surface area contributed by atoms with Gasteiger partial charge in [0.25, 0.3) is 0 Å². The number of guanidine groups is 1. The van der Waals surface area contributed by atoms with E-state index < -0.39 is 0 Å². The summed E-state index contributed by atoms with van der Waals surface area (Å²) in [6.07, 6.45) is 2.21. The van der Waals surface area contributed by atoms with Crippen molar-refractivity contribution in [1.82, 2.24) is 15.5 Å². The summed E-state index contributed by atoms with van der Waals surface area (Å²) in [5, 5.41) is 6.34. The Hall–Kier alpha value is -2.12. The maximum absolute atomic E-state index is 12.2. The first-order valence-electron chi connectivity index (χ1n) is 10.3. The van der Waals surface area contributed by atoms with Crippen LogP contribution in [0.2, 0.25) is 0 Å². The average molecular weight is 391 g/mol. The fraction of sp³-hybridized carbons (Fsp3) is 0.619. The molecule has 156 valence electrons. The Morgan fingerprint density at radius 1 is 1.11 bits per heavy atom. The molecule has 1 fully saturated rings. The highest BCUT2D eigenvalue weighted by Gasteiger charge is 2.17. The summed E-state index contributed by atoms with van der Waals surface area (Å²) in [5.41, 5.74) is 2.22. The third-order valence-electron chi connectivity index (χ3n) is 4.47. The van der Waals surface area contributed by atoms with Crippen LogP contribution in [0.4, 0.5) is 0 Å². The molecule has 2 rings (SSSR count). The molecule has 0 saturated carbocycles. The van der Waals surface area contributed by atoms with E-state index in [1.165, 1.54) is 0 Å². The van der Waals surface area contributed by atoms with Crippen molar-refractivity contribution in [3.05, 3.63) is 35.4 Å². The molecule has 1 aliphatic rings. The number of benzene rings is 1. The maximum atomic E-state index is 12.2. The highest BCUT2D eigenvalue weighted by molar-refractivity contribution is 5.86. The molecule has 7 nitrogen and oxygen atoms in total. The smallest absolute Gasteiger partial charge is 0.241 e. The van der Waals surface area contributed by atoms with Crippen LogP contribution in [0.5, 0.6) is 0 Å². The van der Waals surface area contributed by atoms with Crippen LogP contribution in [0.3, 0.4) is 0 Å². The van der Waals surface area contributed by atoms with Crippen molar-refractivity contribution < 1.29 is 14.3 Å². The van der Waals surface area contributed by atoms with Gasteiger partial charge >= 0.3 is 0 Å². The number of ether oxygens (including phenoxy) is 2. The molecule has 0 atom stereocenters. The second-order valence-electron chi connectivity index (χ2n) is 6.71. The van der Waals surface area contributed by atoms with E-state index in [0.717, 1.165) is 43.6 Å². The number of carbonyl (C=O) groups is 1. The molecule has 0 unspecified atom stereocenters. The minimum atomic E-state index is 0.134. The van der Waals surface area contributed by atoms with Crippen LogP contribution in [-0.2, 0) is 27.4 Å². The molecular formula is C21H34N4O3. The monoisotopic (exact) mass is 390 g/mol. The zero-order valence-electron chi connectivity index (χ0n) is 17.2. The van der Waals surface area contributed by atoms with E-state index in [9.17, 15) is 4.79 Å². The van der Waals surface area contributed by atoms with Gasteiger partial charge in [-0.3, -0.25) is 4.79 Å². The topological polar surface area (TPSA) is 75.2 Å². The lowest BCUT2D eigenvalue weighted by Gasteiger charge is -2.17. The van der Waals surface area contributed by atoms with Gasteiger partial charge in [-0.05, 0) is 37.8 Å². The molecular weight excluding hydrogens is 356 g/mol. The molecule has 0 radical (unpaired) electrons. The lowest BCUT2D eigenvalue weighted by atomic mass is 10.1. The fourth-order valence-corrected chi connectivity index (χ4v) is 3.02. The molecule has 0 aromatic heterocycles. The molecule has 1 aliphatic heterocycles. The van der Waals surface area contributed by atoms with Crippen LogP contribution in [0, 0.1) is 0 Å². The number of nitrogens with zero attached hydrogens (tertiary/aromatic N) is 2. The standard InChI is InChI=1S/C21H34N4O3/c1-3-22-21(24-16-20(26)25-10-5-6-11-25)23-15-18-8-7-9-19(14-18)17-28-13-12-27-4-2/h7-9,14H,3-6,10-13,15-17H2,1-2H3,(H2,22,23,24). The molecule has 1 saturated heterocycles. The number of likely N-dealkylation sites (tertiary alicyclic amines) is 1. The first kappa shape index (κ1) is 22.2. The highest BCUT2D eigenvalue weighted by atomic mass is 16.5. The van der Waals surface area contributed by atoms with E-state index in [-0.39, 0.29) is 12.5 Å². The van der Waals surface area contributed by atoms with E-state index in [4.69, 9.17) is 9.47 Å². The Labute approximate surface area is 168 Å². The normalized spacial score (nSPS) is 14.4. The minimum absolute atomic E-state index is 0.134. The molecule has 1 aromatic carbocycles. The predicted molar refractivity (Wildman–Crippen MR) is 111 cm³/mol. The van der Waals surface area contributed by atoms with E-state index >= 15 is 0 Å². The van der Waals surface area contributed by atoms with E-state index in [2.05, 4.69) is 21.7 Å². The highest BCUT2D eigenvalue weighted by Crippen LogP contribution is 2.08. The van der Waals surface area contributed by atoms with Crippen molar-refractivity contribution in [3.8, 4) is 0 Å². The first-order chi connectivity index (χ1) is 13.7. The maximum Gasteiger partial charge on any atom is 0.241 e. The van der Waals surface area contributed by atoms with Crippen molar-refractivity contribution >= 4 is 11.9 Å². The van der Waals surface area contributed by atoms with Gasteiger partial charge < -0.3 is 25.0 Å². The van der Waals surface area contributed by atoms with E-state index in [0.29, 0.717) is 38.9 Å². The minimum Gasteiger partial charge on any atom is -0.379 e. The SMILES string of the molecule is CCNC(=NCc1cccc(COCCOCC)c1)NCC(=O)N1CCCC1. The number of hydrogen-bond acceptors (Lipinski definition) is 4. The number of hydrogen-bond donors (Lipinski definition) is 2. The van der Waals surface area contributed by atoms with Crippen molar-refractivity contribution in [1.29, 1.82) is 0 Å². The number of rotatable bonds is 11. The van der Waals surface area contributed by atoms with Gasteiger partial charge in [-0.15, -0.1) is 0 Å². The Kier molecular flexibility index (Phi) is 10.4. The van der Waals surface area contributed by atoms with E-state index in [1.807, 2.05) is 36.9 Å². The third-order valence-corrected chi connectivity index (χ3v) is 4.47. The van der Waals surface area contributed by atoms with Crippen molar-refractivity contribution in [2.45, 2.75) is 39.8 Å². The van der Waals surface area contributed by atoms with E-state index in [1.54, 1.807) is 0 Å². The summed E-state index contributed by atoms with van der Waals surface area (Å²) in [6, 6.07) is 8.21.